The van der Waals surface area contributed by atoms with Crippen LogP contribution in [0.5, 0.6) is 0 Å². The maximum absolute atomic E-state index is 15.0. The second-order valence-electron chi connectivity index (χ2n) is 8.00. The van der Waals surface area contributed by atoms with E-state index < -0.39 is 18.8 Å². The van der Waals surface area contributed by atoms with Crippen LogP contribution in [0.15, 0.2) is 18.2 Å². The first-order chi connectivity index (χ1) is 13.8. The molecule has 0 aliphatic carbocycles. The fraction of sp³-hybridized carbons (Fsp3) is 0.619. The SMILES string of the molecule is Cc1sc2c(N[C@@H]3CCN(C4CCOCC4)C[C@@H]3F)cccc2c1CC(F)(F)F. The van der Waals surface area contributed by atoms with Gasteiger partial charge in [-0.1, -0.05) is 12.1 Å². The normalized spacial score (nSPS) is 24.9. The molecule has 1 N–H and O–H groups in total. The van der Waals surface area contributed by atoms with Crippen LogP contribution in [0.2, 0.25) is 0 Å². The number of ether oxygens (including phenoxy) is 1. The Morgan fingerprint density at radius 3 is 2.66 bits per heavy atom. The lowest BCUT2D eigenvalue weighted by atomic mass is 9.98. The summed E-state index contributed by atoms with van der Waals surface area (Å²) >= 11 is 1.35. The van der Waals surface area contributed by atoms with Crippen LogP contribution < -0.4 is 5.32 Å². The van der Waals surface area contributed by atoms with E-state index in [0.717, 1.165) is 43.0 Å². The minimum atomic E-state index is -4.25. The molecule has 2 aliphatic rings. The third-order valence-electron chi connectivity index (χ3n) is 6.02. The van der Waals surface area contributed by atoms with Crippen LogP contribution in [0.4, 0.5) is 23.2 Å². The Kier molecular flexibility index (Phi) is 6.04. The Hall–Kier alpha value is -1.38. The van der Waals surface area contributed by atoms with Crippen LogP contribution in [-0.2, 0) is 11.2 Å². The van der Waals surface area contributed by atoms with E-state index in [1.54, 1.807) is 19.1 Å². The third kappa shape index (κ3) is 4.70. The number of thiophene rings is 1. The van der Waals surface area contributed by atoms with Gasteiger partial charge < -0.3 is 10.1 Å². The fourth-order valence-electron chi connectivity index (χ4n) is 4.50. The molecule has 2 atom stereocenters. The molecule has 1 aromatic carbocycles. The molecule has 0 unspecified atom stereocenters. The van der Waals surface area contributed by atoms with Crippen LogP contribution in [0.25, 0.3) is 10.1 Å². The van der Waals surface area contributed by atoms with Gasteiger partial charge in [0.1, 0.15) is 6.17 Å². The molecule has 2 aliphatic heterocycles. The minimum Gasteiger partial charge on any atom is -0.381 e. The number of rotatable bonds is 4. The summed E-state index contributed by atoms with van der Waals surface area (Å²) < 4.78 is 60.0. The zero-order chi connectivity index (χ0) is 20.6. The molecular weight excluding hydrogens is 404 g/mol. The largest absolute Gasteiger partial charge is 0.393 e. The van der Waals surface area contributed by atoms with E-state index in [1.807, 2.05) is 6.07 Å². The summed E-state index contributed by atoms with van der Waals surface area (Å²) in [6.45, 7) is 4.40. The Balaban J connectivity index is 1.49. The van der Waals surface area contributed by atoms with E-state index in [0.29, 0.717) is 34.8 Å². The predicted octanol–water partition coefficient (Wildman–Crippen LogP) is 5.32. The summed E-state index contributed by atoms with van der Waals surface area (Å²) in [5.74, 6) is 0. The third-order valence-corrected chi connectivity index (χ3v) is 7.22. The average molecular weight is 431 g/mol. The number of hydrogen-bond acceptors (Lipinski definition) is 4. The average Bonchev–Trinajstić information content (AvgIpc) is 2.99. The zero-order valence-electron chi connectivity index (χ0n) is 16.4. The monoisotopic (exact) mass is 430 g/mol. The van der Waals surface area contributed by atoms with Crippen molar-refractivity contribution in [3.63, 3.8) is 0 Å². The fourth-order valence-corrected chi connectivity index (χ4v) is 5.64. The highest BCUT2D eigenvalue weighted by atomic mass is 32.1. The van der Waals surface area contributed by atoms with Crippen molar-refractivity contribution in [2.24, 2.45) is 0 Å². The van der Waals surface area contributed by atoms with Gasteiger partial charge in [-0.05, 0) is 43.2 Å². The standard InChI is InChI=1S/C21H26F4N2OS/c1-13-16(11-21(23,24)25)15-3-2-4-19(20(15)29-13)26-18-5-8-27(12-17(18)22)14-6-9-28-10-7-14/h2-4,14,17-18,26H,5-12H2,1H3/t17-,18+/m0/s1. The first-order valence-corrected chi connectivity index (χ1v) is 10.9. The Morgan fingerprint density at radius 1 is 1.21 bits per heavy atom. The summed E-state index contributed by atoms with van der Waals surface area (Å²) in [4.78, 5) is 2.89. The second-order valence-corrected chi connectivity index (χ2v) is 9.23. The molecule has 0 radical (unpaired) electrons. The summed E-state index contributed by atoms with van der Waals surface area (Å²) in [5, 5.41) is 3.92. The molecule has 2 fully saturated rings. The quantitative estimate of drug-likeness (QED) is 0.665. The van der Waals surface area contributed by atoms with Crippen LogP contribution in [0, 0.1) is 6.92 Å². The van der Waals surface area contributed by atoms with Crippen molar-refractivity contribution in [1.82, 2.24) is 4.90 Å². The van der Waals surface area contributed by atoms with Crippen molar-refractivity contribution < 1.29 is 22.3 Å². The van der Waals surface area contributed by atoms with Crippen molar-refractivity contribution in [2.45, 2.75) is 57.0 Å². The van der Waals surface area contributed by atoms with Gasteiger partial charge in [-0.15, -0.1) is 11.3 Å². The van der Waals surface area contributed by atoms with Gasteiger partial charge in [0.05, 0.1) is 22.8 Å². The number of anilines is 1. The van der Waals surface area contributed by atoms with E-state index >= 15 is 0 Å². The second kappa shape index (κ2) is 8.40. The molecule has 0 amide bonds. The zero-order valence-corrected chi connectivity index (χ0v) is 17.2. The Labute approximate surface area is 172 Å². The molecule has 0 bridgehead atoms. The summed E-state index contributed by atoms with van der Waals surface area (Å²) in [7, 11) is 0. The highest BCUT2D eigenvalue weighted by Crippen LogP contribution is 2.39. The van der Waals surface area contributed by atoms with Crippen molar-refractivity contribution in [3.8, 4) is 0 Å². The van der Waals surface area contributed by atoms with Crippen LogP contribution in [-0.4, -0.2) is 55.6 Å². The number of aryl methyl sites for hydroxylation is 1. The topological polar surface area (TPSA) is 24.5 Å². The number of alkyl halides is 4. The minimum absolute atomic E-state index is 0.326. The molecule has 0 spiro atoms. The highest BCUT2D eigenvalue weighted by Gasteiger charge is 2.34. The number of fused-ring (bicyclic) bond motifs is 1. The Bertz CT molecular complexity index is 847. The molecule has 160 valence electrons. The summed E-state index contributed by atoms with van der Waals surface area (Å²) in [6.07, 6.45) is -3.63. The van der Waals surface area contributed by atoms with Gasteiger partial charge in [0.15, 0.2) is 0 Å². The summed E-state index contributed by atoms with van der Waals surface area (Å²) in [5.41, 5.74) is 1.06. The number of nitrogens with zero attached hydrogens (tertiary/aromatic N) is 1. The first kappa shape index (κ1) is 20.9. The van der Waals surface area contributed by atoms with Crippen molar-refractivity contribution in [3.05, 3.63) is 28.6 Å². The van der Waals surface area contributed by atoms with Crippen molar-refractivity contribution >= 4 is 27.1 Å². The molecule has 2 saturated heterocycles. The Morgan fingerprint density at radius 2 is 1.97 bits per heavy atom. The van der Waals surface area contributed by atoms with Crippen LogP contribution in [0.3, 0.4) is 0 Å². The van der Waals surface area contributed by atoms with Gasteiger partial charge in [-0.25, -0.2) is 4.39 Å². The van der Waals surface area contributed by atoms with Gasteiger partial charge in [0.25, 0.3) is 0 Å². The molecule has 2 aromatic rings. The molecular formula is C21H26F4N2OS. The van der Waals surface area contributed by atoms with E-state index in [4.69, 9.17) is 4.74 Å². The van der Waals surface area contributed by atoms with Gasteiger partial charge in [0, 0.05) is 37.2 Å². The predicted molar refractivity (Wildman–Crippen MR) is 109 cm³/mol. The summed E-state index contributed by atoms with van der Waals surface area (Å²) in [6, 6.07) is 5.38. The van der Waals surface area contributed by atoms with Crippen LogP contribution >= 0.6 is 11.3 Å². The van der Waals surface area contributed by atoms with Gasteiger partial charge in [-0.2, -0.15) is 13.2 Å². The number of likely N-dealkylation sites (tertiary alicyclic amines) is 1. The van der Waals surface area contributed by atoms with E-state index in [1.165, 1.54) is 11.3 Å². The number of piperidine rings is 1. The van der Waals surface area contributed by atoms with Crippen molar-refractivity contribution in [2.75, 3.05) is 31.6 Å². The first-order valence-electron chi connectivity index (χ1n) is 10.1. The molecule has 8 heteroatoms. The molecule has 3 heterocycles. The highest BCUT2D eigenvalue weighted by molar-refractivity contribution is 7.19. The number of benzene rings is 1. The van der Waals surface area contributed by atoms with Gasteiger partial charge >= 0.3 is 6.18 Å². The van der Waals surface area contributed by atoms with E-state index in [-0.39, 0.29) is 6.04 Å². The number of halogens is 4. The van der Waals surface area contributed by atoms with E-state index in [2.05, 4.69) is 10.2 Å². The lowest BCUT2D eigenvalue weighted by Gasteiger charge is -2.41. The maximum atomic E-state index is 15.0. The molecule has 1 aromatic heterocycles. The molecule has 3 nitrogen and oxygen atoms in total. The van der Waals surface area contributed by atoms with Crippen LogP contribution in [0.1, 0.15) is 29.7 Å². The number of nitrogens with one attached hydrogen (secondary N) is 1. The molecule has 4 rings (SSSR count). The smallest absolute Gasteiger partial charge is 0.381 e. The molecule has 0 saturated carbocycles. The maximum Gasteiger partial charge on any atom is 0.393 e. The van der Waals surface area contributed by atoms with E-state index in [9.17, 15) is 17.6 Å². The van der Waals surface area contributed by atoms with Gasteiger partial charge in [-0.3, -0.25) is 4.90 Å². The van der Waals surface area contributed by atoms with Crippen molar-refractivity contribution in [1.29, 1.82) is 0 Å². The number of hydrogen-bond donors (Lipinski definition) is 1. The van der Waals surface area contributed by atoms with Gasteiger partial charge in [0.2, 0.25) is 0 Å². The molecule has 29 heavy (non-hydrogen) atoms. The lowest BCUT2D eigenvalue weighted by Crippen LogP contribution is -2.52. The lowest BCUT2D eigenvalue weighted by molar-refractivity contribution is -0.127.